The predicted molar refractivity (Wildman–Crippen MR) is 51.0 cm³/mol. The molecule has 0 aromatic carbocycles. The van der Waals surface area contributed by atoms with Gasteiger partial charge in [-0.1, -0.05) is 13.8 Å². The van der Waals surface area contributed by atoms with Crippen molar-refractivity contribution in [1.29, 1.82) is 5.41 Å². The van der Waals surface area contributed by atoms with Crippen molar-refractivity contribution in [2.75, 3.05) is 0 Å². The van der Waals surface area contributed by atoms with Crippen LogP contribution >= 0.6 is 0 Å². The molecule has 1 saturated carbocycles. The fourth-order valence-electron chi connectivity index (χ4n) is 1.05. The summed E-state index contributed by atoms with van der Waals surface area (Å²) in [5.74, 6) is 0. The second kappa shape index (κ2) is 2.81. The molecule has 0 aromatic heterocycles. The predicted octanol–water partition coefficient (Wildman–Crippen LogP) is 1.21. The summed E-state index contributed by atoms with van der Waals surface area (Å²) in [6.45, 7) is 6.11. The molecule has 1 fully saturated rings. The van der Waals surface area contributed by atoms with Gasteiger partial charge in [-0.2, -0.15) is 0 Å². The Labute approximate surface area is 73.5 Å². The highest BCUT2D eigenvalue weighted by Gasteiger charge is 2.44. The maximum Gasteiger partial charge on any atom is 0.0682 e. The Balaban J connectivity index is 2.36. The van der Waals surface area contributed by atoms with Crippen molar-refractivity contribution >= 4 is 5.71 Å². The molecule has 0 spiro atoms. The van der Waals surface area contributed by atoms with Crippen LogP contribution in [0.5, 0.6) is 0 Å². The molecule has 4 N–H and O–H groups in total. The van der Waals surface area contributed by atoms with Crippen molar-refractivity contribution in [3.05, 3.63) is 11.9 Å². The Bertz CT molecular complexity index is 228. The molecule has 1 rings (SSSR count). The Morgan fingerprint density at radius 1 is 1.67 bits per heavy atom. The number of hydrogen-bond donors (Lipinski definition) is 3. The average Bonchev–Trinajstić information content (AvgIpc) is 2.54. The van der Waals surface area contributed by atoms with Gasteiger partial charge in [-0.15, -0.1) is 0 Å². The van der Waals surface area contributed by atoms with E-state index in [1.54, 1.807) is 13.1 Å². The number of nitrogens with two attached hydrogens (primary N) is 1. The highest BCUT2D eigenvalue weighted by Crippen LogP contribution is 2.44. The second-order valence-corrected chi connectivity index (χ2v) is 4.14. The summed E-state index contributed by atoms with van der Waals surface area (Å²) < 4.78 is 0. The average molecular weight is 167 g/mol. The van der Waals surface area contributed by atoms with Crippen LogP contribution in [0, 0.1) is 10.8 Å². The van der Waals surface area contributed by atoms with Gasteiger partial charge >= 0.3 is 0 Å². The van der Waals surface area contributed by atoms with Gasteiger partial charge in [0, 0.05) is 12.2 Å². The van der Waals surface area contributed by atoms with Gasteiger partial charge in [0.25, 0.3) is 0 Å². The van der Waals surface area contributed by atoms with E-state index in [0.29, 0.717) is 22.9 Å². The van der Waals surface area contributed by atoms with Crippen LogP contribution < -0.4 is 11.1 Å². The molecule has 0 aromatic rings. The zero-order valence-electron chi connectivity index (χ0n) is 7.94. The first-order valence-electron chi connectivity index (χ1n) is 4.21. The Morgan fingerprint density at radius 3 is 2.50 bits per heavy atom. The minimum absolute atomic E-state index is 0.409. The molecule has 1 unspecified atom stereocenters. The van der Waals surface area contributed by atoms with E-state index >= 15 is 0 Å². The largest absolute Gasteiger partial charge is 0.396 e. The molecular formula is C9H17N3. The van der Waals surface area contributed by atoms with Crippen molar-refractivity contribution in [1.82, 2.24) is 5.32 Å². The molecule has 12 heavy (non-hydrogen) atoms. The smallest absolute Gasteiger partial charge is 0.0682 e. The van der Waals surface area contributed by atoms with E-state index in [0.717, 1.165) is 0 Å². The topological polar surface area (TPSA) is 61.9 Å². The van der Waals surface area contributed by atoms with Crippen LogP contribution in [0.1, 0.15) is 27.2 Å². The standard InChI is InChI=1S/C9H17N3/c1-6(10)7(11)5-12-8-4-9(8,2)3/h5,8,10,12H,4,11H2,1-3H3/b7-5+,10-6?. The third-order valence-electron chi connectivity index (χ3n) is 2.39. The summed E-state index contributed by atoms with van der Waals surface area (Å²) in [6.07, 6.45) is 2.93. The van der Waals surface area contributed by atoms with Crippen LogP contribution in [-0.4, -0.2) is 11.8 Å². The monoisotopic (exact) mass is 167 g/mol. The minimum atomic E-state index is 0.409. The third kappa shape index (κ3) is 2.00. The van der Waals surface area contributed by atoms with Crippen molar-refractivity contribution in [2.24, 2.45) is 11.1 Å². The highest BCUT2D eigenvalue weighted by molar-refractivity contribution is 5.94. The van der Waals surface area contributed by atoms with E-state index in [1.807, 2.05) is 0 Å². The highest BCUT2D eigenvalue weighted by atomic mass is 15.0. The first-order valence-corrected chi connectivity index (χ1v) is 4.21. The van der Waals surface area contributed by atoms with Crippen molar-refractivity contribution < 1.29 is 0 Å². The quantitative estimate of drug-likeness (QED) is 0.553. The fourth-order valence-corrected chi connectivity index (χ4v) is 1.05. The van der Waals surface area contributed by atoms with Crippen LogP contribution in [0.25, 0.3) is 0 Å². The third-order valence-corrected chi connectivity index (χ3v) is 2.39. The van der Waals surface area contributed by atoms with Gasteiger partial charge in [0.2, 0.25) is 0 Å². The van der Waals surface area contributed by atoms with Gasteiger partial charge in [-0.25, -0.2) is 0 Å². The minimum Gasteiger partial charge on any atom is -0.396 e. The van der Waals surface area contributed by atoms with Gasteiger partial charge in [0.15, 0.2) is 0 Å². The molecule has 0 heterocycles. The summed E-state index contributed by atoms with van der Waals surface area (Å²) in [7, 11) is 0. The zero-order valence-corrected chi connectivity index (χ0v) is 7.94. The first-order chi connectivity index (χ1) is 5.43. The molecule has 1 atom stereocenters. The maximum absolute atomic E-state index is 7.23. The summed E-state index contributed by atoms with van der Waals surface area (Å²) >= 11 is 0. The van der Waals surface area contributed by atoms with Crippen molar-refractivity contribution in [3.8, 4) is 0 Å². The van der Waals surface area contributed by atoms with Crippen LogP contribution in [0.4, 0.5) is 0 Å². The van der Waals surface area contributed by atoms with E-state index in [1.165, 1.54) is 6.42 Å². The van der Waals surface area contributed by atoms with Crippen LogP contribution in [-0.2, 0) is 0 Å². The molecule has 0 bridgehead atoms. The molecule has 68 valence electrons. The van der Waals surface area contributed by atoms with Crippen LogP contribution in [0.3, 0.4) is 0 Å². The molecule has 0 aliphatic heterocycles. The lowest BCUT2D eigenvalue weighted by Crippen LogP contribution is -2.18. The molecule has 0 amide bonds. The Hall–Kier alpha value is -0.990. The van der Waals surface area contributed by atoms with Gasteiger partial charge in [-0.05, 0) is 18.8 Å². The summed E-state index contributed by atoms with van der Waals surface area (Å²) in [5, 5.41) is 10.4. The van der Waals surface area contributed by atoms with Gasteiger partial charge in [-0.3, -0.25) is 0 Å². The Morgan fingerprint density at radius 2 is 2.17 bits per heavy atom. The number of allylic oxidation sites excluding steroid dienone is 1. The van der Waals surface area contributed by atoms with Gasteiger partial charge in [0.1, 0.15) is 0 Å². The molecule has 3 nitrogen and oxygen atoms in total. The van der Waals surface area contributed by atoms with Gasteiger partial charge in [0.05, 0.1) is 11.4 Å². The summed E-state index contributed by atoms with van der Waals surface area (Å²) in [6, 6.07) is 0.537. The number of rotatable bonds is 3. The lowest BCUT2D eigenvalue weighted by molar-refractivity contribution is 0.585. The summed E-state index contributed by atoms with van der Waals surface area (Å²) in [5.41, 5.74) is 6.91. The van der Waals surface area contributed by atoms with E-state index in [-0.39, 0.29) is 0 Å². The lowest BCUT2D eigenvalue weighted by atomic mass is 10.2. The SMILES string of the molecule is CC(=N)/C(N)=C\NC1CC1(C)C. The molecule has 1 aliphatic rings. The molecule has 0 saturated heterocycles. The zero-order chi connectivity index (χ0) is 9.35. The first kappa shape index (κ1) is 9.10. The molecule has 1 aliphatic carbocycles. The summed E-state index contributed by atoms with van der Waals surface area (Å²) in [4.78, 5) is 0. The normalized spacial score (nSPS) is 26.6. The number of hydrogen-bond acceptors (Lipinski definition) is 3. The van der Waals surface area contributed by atoms with E-state index in [4.69, 9.17) is 11.1 Å². The van der Waals surface area contributed by atoms with Crippen molar-refractivity contribution in [2.45, 2.75) is 33.2 Å². The number of nitrogens with one attached hydrogen (secondary N) is 2. The van der Waals surface area contributed by atoms with E-state index < -0.39 is 0 Å². The van der Waals surface area contributed by atoms with Crippen molar-refractivity contribution in [3.63, 3.8) is 0 Å². The molecule has 0 radical (unpaired) electrons. The van der Waals surface area contributed by atoms with E-state index in [2.05, 4.69) is 19.2 Å². The lowest BCUT2D eigenvalue weighted by Gasteiger charge is -2.04. The molecule has 3 heteroatoms. The van der Waals surface area contributed by atoms with Crippen LogP contribution in [0.15, 0.2) is 11.9 Å². The fraction of sp³-hybridized carbons (Fsp3) is 0.667. The van der Waals surface area contributed by atoms with Crippen LogP contribution in [0.2, 0.25) is 0 Å². The van der Waals surface area contributed by atoms with Gasteiger partial charge < -0.3 is 16.5 Å². The second-order valence-electron chi connectivity index (χ2n) is 4.14. The maximum atomic E-state index is 7.23. The molecular weight excluding hydrogens is 150 g/mol. The van der Waals surface area contributed by atoms with E-state index in [9.17, 15) is 0 Å². The Kier molecular flexibility index (Phi) is 2.13.